The predicted octanol–water partition coefficient (Wildman–Crippen LogP) is -0.656. The van der Waals surface area contributed by atoms with Crippen LogP contribution in [0.3, 0.4) is 0 Å². The van der Waals surface area contributed by atoms with E-state index in [1.54, 1.807) is 0 Å². The van der Waals surface area contributed by atoms with Crippen molar-refractivity contribution in [3.63, 3.8) is 0 Å². The molecule has 0 saturated heterocycles. The largest absolute Gasteiger partial charge is 0 e. The Morgan fingerprint density at radius 3 is 1.00 bits per heavy atom. The SMILES string of the molecule is [LiH].[Mn].[Nb].[Ni]. The van der Waals surface area contributed by atoms with Crippen molar-refractivity contribution in [2.45, 2.75) is 0 Å². The summed E-state index contributed by atoms with van der Waals surface area (Å²) in [6.07, 6.45) is 0. The molecule has 0 fully saturated rings. The van der Waals surface area contributed by atoms with Gasteiger partial charge < -0.3 is 0 Å². The molecule has 0 unspecified atom stereocenters. The van der Waals surface area contributed by atoms with Gasteiger partial charge in [-0.1, -0.05) is 0 Å². The van der Waals surface area contributed by atoms with Crippen molar-refractivity contribution < 1.29 is 55.9 Å². The second-order valence-electron chi connectivity index (χ2n) is 0. The average Bonchev–Trinajstić information content (AvgIpc) is 0. The molecule has 2 radical (unpaired) electrons. The van der Waals surface area contributed by atoms with Gasteiger partial charge in [-0.3, -0.25) is 0 Å². The summed E-state index contributed by atoms with van der Waals surface area (Å²) in [5.41, 5.74) is 0. The molecule has 0 heterocycles. The number of hydrogen-bond donors (Lipinski definition) is 0. The van der Waals surface area contributed by atoms with E-state index in [9.17, 15) is 0 Å². The van der Waals surface area contributed by atoms with Gasteiger partial charge in [0, 0.05) is 55.9 Å². The van der Waals surface area contributed by atoms with Crippen LogP contribution in [-0.4, -0.2) is 18.9 Å². The Morgan fingerprint density at radius 2 is 1.00 bits per heavy atom. The van der Waals surface area contributed by atoms with Gasteiger partial charge in [0.25, 0.3) is 0 Å². The second-order valence-corrected chi connectivity index (χ2v) is 0. The molecule has 0 aromatic carbocycles. The Labute approximate surface area is 73.9 Å². The fraction of sp³-hybridized carbons (Fsp3) is 0. The first-order valence-electron chi connectivity index (χ1n) is 0. The topological polar surface area (TPSA) is 0 Å². The molecule has 0 aromatic heterocycles. The second kappa shape index (κ2) is 18.3. The van der Waals surface area contributed by atoms with Gasteiger partial charge >= 0.3 is 18.9 Å². The fourth-order valence-electron chi connectivity index (χ4n) is 0. The minimum absolute atomic E-state index is 0. The molecule has 0 aromatic rings. The van der Waals surface area contributed by atoms with Crippen molar-refractivity contribution in [2.75, 3.05) is 0 Å². The predicted molar refractivity (Wildman–Crippen MR) is 7.15 cm³/mol. The zero-order valence-electron chi connectivity index (χ0n) is 1.14. The van der Waals surface area contributed by atoms with Crippen molar-refractivity contribution >= 4 is 18.9 Å². The maximum atomic E-state index is 0. The van der Waals surface area contributed by atoms with Crippen LogP contribution in [0.15, 0.2) is 0 Å². The molecule has 0 rings (SSSR count). The summed E-state index contributed by atoms with van der Waals surface area (Å²) < 4.78 is 0. The first-order valence-corrected chi connectivity index (χ1v) is 0. The summed E-state index contributed by atoms with van der Waals surface area (Å²) in [6, 6.07) is 0. The van der Waals surface area contributed by atoms with Crippen LogP contribution in [0.5, 0.6) is 0 Å². The van der Waals surface area contributed by atoms with Crippen molar-refractivity contribution in [1.29, 1.82) is 0 Å². The molecular formula is HLiMnNbNi. The maximum Gasteiger partial charge on any atom is 0 e. The van der Waals surface area contributed by atoms with E-state index in [1.165, 1.54) is 0 Å². The zero-order valence-corrected chi connectivity index (χ0v) is 5.51. The summed E-state index contributed by atoms with van der Waals surface area (Å²) in [5, 5.41) is 0. The van der Waals surface area contributed by atoms with E-state index >= 15 is 0 Å². The molecule has 4 heavy (non-hydrogen) atoms. The van der Waals surface area contributed by atoms with Crippen molar-refractivity contribution in [3.8, 4) is 0 Å². The van der Waals surface area contributed by atoms with Crippen LogP contribution in [-0.2, 0) is 55.9 Å². The Hall–Kier alpha value is 2.35. The molecule has 0 saturated carbocycles. The molecule has 0 nitrogen and oxygen atoms in total. The zero-order chi connectivity index (χ0) is 0. The average molecular weight is 214 g/mol. The summed E-state index contributed by atoms with van der Waals surface area (Å²) in [5.74, 6) is 0. The van der Waals surface area contributed by atoms with Crippen molar-refractivity contribution in [2.24, 2.45) is 0 Å². The van der Waals surface area contributed by atoms with E-state index in [-0.39, 0.29) is 74.8 Å². The minimum atomic E-state index is 0. The van der Waals surface area contributed by atoms with Gasteiger partial charge in [-0.25, -0.2) is 0 Å². The normalized spacial score (nSPS) is 0. The summed E-state index contributed by atoms with van der Waals surface area (Å²) >= 11 is 0. The number of rotatable bonds is 0. The molecule has 0 aliphatic rings. The van der Waals surface area contributed by atoms with Gasteiger partial charge in [-0.15, -0.1) is 0 Å². The van der Waals surface area contributed by atoms with E-state index < -0.39 is 0 Å². The molecule has 0 spiro atoms. The van der Waals surface area contributed by atoms with Crippen LogP contribution in [0, 0.1) is 0 Å². The summed E-state index contributed by atoms with van der Waals surface area (Å²) in [4.78, 5) is 0. The van der Waals surface area contributed by atoms with Gasteiger partial charge in [0.1, 0.15) is 0 Å². The van der Waals surface area contributed by atoms with Crippen LogP contribution in [0.2, 0.25) is 0 Å². The van der Waals surface area contributed by atoms with Gasteiger partial charge in [-0.2, -0.15) is 0 Å². The minimum Gasteiger partial charge on any atom is 0 e. The standard InChI is InChI=1S/Li.Mn.Nb.Ni.H. The van der Waals surface area contributed by atoms with E-state index in [4.69, 9.17) is 0 Å². The Balaban J connectivity index is 0. The summed E-state index contributed by atoms with van der Waals surface area (Å²) in [7, 11) is 0. The van der Waals surface area contributed by atoms with Gasteiger partial charge in [0.05, 0.1) is 0 Å². The maximum absolute atomic E-state index is 0. The first-order chi connectivity index (χ1) is 0. The quantitative estimate of drug-likeness (QED) is 0.470. The van der Waals surface area contributed by atoms with E-state index in [1.807, 2.05) is 0 Å². The van der Waals surface area contributed by atoms with Gasteiger partial charge in [0.2, 0.25) is 0 Å². The molecule has 0 bridgehead atoms. The Kier molecular flexibility index (Phi) is 151. The third-order valence-corrected chi connectivity index (χ3v) is 0. The molecule has 4 heteroatoms. The smallest absolute Gasteiger partial charge is 0 e. The fourth-order valence-corrected chi connectivity index (χ4v) is 0. The third-order valence-electron chi connectivity index (χ3n) is 0. The monoisotopic (exact) mass is 214 g/mol. The molecule has 0 aliphatic carbocycles. The van der Waals surface area contributed by atoms with Crippen LogP contribution in [0.4, 0.5) is 0 Å². The van der Waals surface area contributed by atoms with Crippen LogP contribution >= 0.6 is 0 Å². The molecule has 0 amide bonds. The molecule has 24 valence electrons. The molecule has 0 atom stereocenters. The number of hydrogen-bond acceptors (Lipinski definition) is 0. The third kappa shape index (κ3) is 8.84. The van der Waals surface area contributed by atoms with Gasteiger partial charge in [-0.05, 0) is 0 Å². The Bertz CT molecular complexity index is 8.00. The summed E-state index contributed by atoms with van der Waals surface area (Å²) in [6.45, 7) is 0. The Morgan fingerprint density at radius 1 is 1.00 bits per heavy atom. The van der Waals surface area contributed by atoms with Crippen molar-refractivity contribution in [3.05, 3.63) is 0 Å². The van der Waals surface area contributed by atoms with Crippen LogP contribution in [0.25, 0.3) is 0 Å². The van der Waals surface area contributed by atoms with E-state index in [0.29, 0.717) is 0 Å². The van der Waals surface area contributed by atoms with Crippen LogP contribution < -0.4 is 0 Å². The van der Waals surface area contributed by atoms with Crippen molar-refractivity contribution in [1.82, 2.24) is 0 Å². The van der Waals surface area contributed by atoms with Crippen LogP contribution in [0.1, 0.15) is 0 Å². The molecule has 0 aliphatic heterocycles. The van der Waals surface area contributed by atoms with E-state index in [0.717, 1.165) is 0 Å². The molecular weight excluding hydrogens is 213 g/mol. The molecule has 0 N–H and O–H groups in total. The van der Waals surface area contributed by atoms with E-state index in [2.05, 4.69) is 0 Å². The van der Waals surface area contributed by atoms with Gasteiger partial charge in [0.15, 0.2) is 0 Å². The first kappa shape index (κ1) is 32.9.